The molecule has 0 atom stereocenters. The van der Waals surface area contributed by atoms with Gasteiger partial charge in [0, 0.05) is 17.2 Å². The van der Waals surface area contributed by atoms with Crippen molar-refractivity contribution in [3.63, 3.8) is 0 Å². The van der Waals surface area contributed by atoms with Crippen LogP contribution in [0.25, 0.3) is 0 Å². The normalized spacial score (nSPS) is 10.5. The zero-order valence-electron chi connectivity index (χ0n) is 14.4. The highest BCUT2D eigenvalue weighted by atomic mass is 79.9. The fourth-order valence-electron chi connectivity index (χ4n) is 2.29. The number of carbonyl (C=O) groups excluding carboxylic acids is 1. The molecule has 0 bridgehead atoms. The van der Waals surface area contributed by atoms with Gasteiger partial charge in [0.1, 0.15) is 16.0 Å². The Hall–Kier alpha value is -3.22. The van der Waals surface area contributed by atoms with Crippen LogP contribution in [0.5, 0.6) is 11.5 Å². The molecule has 3 rings (SSSR count). The number of nitrogens with zero attached hydrogens (tertiary/aromatic N) is 3. The molecule has 0 fully saturated rings. The zero-order chi connectivity index (χ0) is 22.0. The molecule has 0 aliphatic carbocycles. The van der Waals surface area contributed by atoms with Gasteiger partial charge in [0.2, 0.25) is 0 Å². The van der Waals surface area contributed by atoms with Crippen molar-refractivity contribution in [2.45, 2.75) is 0 Å². The van der Waals surface area contributed by atoms with E-state index in [0.29, 0.717) is 5.02 Å². The molecule has 2 aromatic carbocycles. The number of benzene rings is 2. The summed E-state index contributed by atoms with van der Waals surface area (Å²) < 4.78 is 5.41. The van der Waals surface area contributed by atoms with Gasteiger partial charge in [0.15, 0.2) is 5.69 Å². The second kappa shape index (κ2) is 8.65. The van der Waals surface area contributed by atoms with Crippen LogP contribution in [-0.4, -0.2) is 26.0 Å². The number of aromatic amines is 1. The second-order valence-corrected chi connectivity index (χ2v) is 7.23. The Balaban J connectivity index is 1.92. The number of hydrogen-bond donors (Lipinski definition) is 2. The average Bonchev–Trinajstić information content (AvgIpc) is 3.05. The van der Waals surface area contributed by atoms with Crippen LogP contribution in [0, 0.1) is 20.2 Å². The molecule has 3 aromatic rings. The minimum absolute atomic E-state index is 0.00756. The number of nitro groups is 2. The topological polar surface area (TPSA) is 153 Å². The fraction of sp³-hybridized carbons (Fsp3) is 0. The van der Waals surface area contributed by atoms with Crippen molar-refractivity contribution in [1.82, 2.24) is 10.2 Å². The molecule has 154 valence electrons. The molecular formula is C16H8BrCl2N5O6. The summed E-state index contributed by atoms with van der Waals surface area (Å²) in [4.78, 5) is 33.1. The van der Waals surface area contributed by atoms with E-state index in [2.05, 4.69) is 31.4 Å². The van der Waals surface area contributed by atoms with Gasteiger partial charge in [0.25, 0.3) is 11.6 Å². The highest BCUT2D eigenvalue weighted by Gasteiger charge is 2.25. The van der Waals surface area contributed by atoms with Crippen LogP contribution < -0.4 is 10.1 Å². The average molecular weight is 517 g/mol. The molecule has 11 nitrogen and oxygen atoms in total. The smallest absolute Gasteiger partial charge is 0.357 e. The number of nitrogens with one attached hydrogen (secondary N) is 2. The standard InChI is InChI=1S/C16H8BrCl2N5O6/c17-13-14(21-22-15(13)24(28)29)16(25)20-8-4-9(23(26)27)6-10(5-8)30-12-2-1-7(18)3-11(12)19/h1-6H,(H,20,25)(H,21,22). The maximum Gasteiger partial charge on any atom is 0.357 e. The Morgan fingerprint density at radius 2 is 1.87 bits per heavy atom. The summed E-state index contributed by atoms with van der Waals surface area (Å²) in [7, 11) is 0. The second-order valence-electron chi connectivity index (χ2n) is 5.60. The Labute approximate surface area is 185 Å². The monoisotopic (exact) mass is 515 g/mol. The first-order chi connectivity index (χ1) is 14.2. The summed E-state index contributed by atoms with van der Waals surface area (Å²) in [5.41, 5.74) is -0.691. The molecule has 0 saturated heterocycles. The summed E-state index contributed by atoms with van der Waals surface area (Å²) in [5.74, 6) is -1.16. The number of non-ortho nitro benzene ring substituents is 1. The van der Waals surface area contributed by atoms with E-state index in [-0.39, 0.29) is 38.1 Å². The van der Waals surface area contributed by atoms with Gasteiger partial charge in [-0.3, -0.25) is 14.9 Å². The number of rotatable bonds is 6. The number of halogens is 3. The number of H-pyrrole nitrogens is 1. The van der Waals surface area contributed by atoms with Crippen LogP contribution in [0.15, 0.2) is 40.9 Å². The third-order valence-corrected chi connectivity index (χ3v) is 4.85. The van der Waals surface area contributed by atoms with Gasteiger partial charge in [-0.15, -0.1) is 5.10 Å². The first kappa shape index (κ1) is 21.5. The van der Waals surface area contributed by atoms with E-state index >= 15 is 0 Å². The van der Waals surface area contributed by atoms with E-state index in [1.807, 2.05) is 0 Å². The molecule has 0 unspecified atom stereocenters. The number of ether oxygens (including phenoxy) is 1. The van der Waals surface area contributed by atoms with E-state index in [1.54, 1.807) is 0 Å². The van der Waals surface area contributed by atoms with Crippen LogP contribution in [0.2, 0.25) is 10.0 Å². The van der Waals surface area contributed by atoms with E-state index in [9.17, 15) is 25.0 Å². The zero-order valence-corrected chi connectivity index (χ0v) is 17.5. The summed E-state index contributed by atoms with van der Waals surface area (Å²) in [6.07, 6.45) is 0. The SMILES string of the molecule is O=C(Nc1cc(Oc2ccc(Cl)cc2Cl)cc([N+](=O)[O-])c1)c1n[nH]c([N+](=O)[O-])c1Br. The van der Waals surface area contributed by atoms with Crippen LogP contribution in [0.3, 0.4) is 0 Å². The van der Waals surface area contributed by atoms with Crippen LogP contribution in [0.1, 0.15) is 10.5 Å². The molecule has 14 heteroatoms. The van der Waals surface area contributed by atoms with Crippen molar-refractivity contribution in [1.29, 1.82) is 0 Å². The highest BCUT2D eigenvalue weighted by molar-refractivity contribution is 9.10. The molecule has 0 aliphatic heterocycles. The van der Waals surface area contributed by atoms with E-state index < -0.39 is 21.6 Å². The quantitative estimate of drug-likeness (QED) is 0.331. The summed E-state index contributed by atoms with van der Waals surface area (Å²) >= 11 is 14.8. The Kier molecular flexibility index (Phi) is 6.20. The molecule has 2 N–H and O–H groups in total. The predicted molar refractivity (Wildman–Crippen MR) is 111 cm³/mol. The summed E-state index contributed by atoms with van der Waals surface area (Å²) in [6.45, 7) is 0. The Morgan fingerprint density at radius 1 is 1.13 bits per heavy atom. The lowest BCUT2D eigenvalue weighted by molar-refractivity contribution is -0.390. The molecule has 0 aliphatic rings. The van der Waals surface area contributed by atoms with E-state index in [4.69, 9.17) is 27.9 Å². The van der Waals surface area contributed by atoms with E-state index in [1.165, 1.54) is 24.3 Å². The first-order valence-corrected chi connectivity index (χ1v) is 9.32. The van der Waals surface area contributed by atoms with Gasteiger partial charge in [-0.25, -0.2) is 0 Å². The molecule has 0 spiro atoms. The van der Waals surface area contributed by atoms with Gasteiger partial charge >= 0.3 is 5.82 Å². The maximum absolute atomic E-state index is 12.4. The lowest BCUT2D eigenvalue weighted by Crippen LogP contribution is -2.13. The van der Waals surface area contributed by atoms with Gasteiger partial charge < -0.3 is 20.2 Å². The largest absolute Gasteiger partial charge is 0.455 e. The predicted octanol–water partition coefficient (Wildman–Crippen LogP) is 5.34. The number of nitro benzene ring substituents is 1. The number of carbonyl (C=O) groups is 1. The molecule has 0 radical (unpaired) electrons. The van der Waals surface area contributed by atoms with Crippen LogP contribution in [-0.2, 0) is 0 Å². The van der Waals surface area contributed by atoms with Crippen molar-refractivity contribution in [3.05, 3.63) is 76.8 Å². The van der Waals surface area contributed by atoms with Crippen molar-refractivity contribution >= 4 is 62.2 Å². The highest BCUT2D eigenvalue weighted by Crippen LogP contribution is 2.35. The molecule has 0 saturated carbocycles. The maximum atomic E-state index is 12.4. The van der Waals surface area contributed by atoms with Crippen molar-refractivity contribution in [2.24, 2.45) is 0 Å². The van der Waals surface area contributed by atoms with Gasteiger partial charge in [-0.2, -0.15) is 0 Å². The Bertz CT molecular complexity index is 1180. The van der Waals surface area contributed by atoms with Crippen molar-refractivity contribution < 1.29 is 19.4 Å². The van der Waals surface area contributed by atoms with Crippen molar-refractivity contribution in [2.75, 3.05) is 5.32 Å². The third-order valence-electron chi connectivity index (χ3n) is 3.57. The Morgan fingerprint density at radius 3 is 2.47 bits per heavy atom. The van der Waals surface area contributed by atoms with Gasteiger partial charge in [-0.1, -0.05) is 28.3 Å². The molecule has 30 heavy (non-hydrogen) atoms. The fourth-order valence-corrected chi connectivity index (χ4v) is 3.23. The van der Waals surface area contributed by atoms with Gasteiger partial charge in [0.05, 0.1) is 21.7 Å². The minimum atomic E-state index is -0.845. The molecule has 1 aromatic heterocycles. The summed E-state index contributed by atoms with van der Waals surface area (Å²) in [5, 5.41) is 30.7. The lowest BCUT2D eigenvalue weighted by atomic mass is 10.2. The molecular weight excluding hydrogens is 509 g/mol. The first-order valence-electron chi connectivity index (χ1n) is 7.77. The number of hydrogen-bond acceptors (Lipinski definition) is 7. The molecule has 1 amide bonds. The third kappa shape index (κ3) is 4.67. The minimum Gasteiger partial charge on any atom is -0.455 e. The molecule has 1 heterocycles. The number of anilines is 1. The van der Waals surface area contributed by atoms with Gasteiger partial charge in [-0.05, 0) is 39.1 Å². The lowest BCUT2D eigenvalue weighted by Gasteiger charge is -2.10. The number of amides is 1. The number of aromatic nitrogens is 2. The van der Waals surface area contributed by atoms with Crippen LogP contribution in [0.4, 0.5) is 17.2 Å². The van der Waals surface area contributed by atoms with Crippen LogP contribution >= 0.6 is 39.1 Å². The summed E-state index contributed by atoms with van der Waals surface area (Å²) in [6, 6.07) is 7.96. The van der Waals surface area contributed by atoms with Crippen molar-refractivity contribution in [3.8, 4) is 11.5 Å². The van der Waals surface area contributed by atoms with E-state index in [0.717, 1.165) is 12.1 Å².